The highest BCUT2D eigenvalue weighted by molar-refractivity contribution is 7.89. The van der Waals surface area contributed by atoms with Gasteiger partial charge >= 0.3 is 5.97 Å². The van der Waals surface area contributed by atoms with Crippen LogP contribution in [-0.4, -0.2) is 98.8 Å². The van der Waals surface area contributed by atoms with Crippen LogP contribution in [0.25, 0.3) is 0 Å². The zero-order chi connectivity index (χ0) is 29.6. The summed E-state index contributed by atoms with van der Waals surface area (Å²) < 4.78 is 32.7. The molecule has 3 heterocycles. The molecule has 1 N–H and O–H groups in total. The molecule has 228 valence electrons. The Bertz CT molecular complexity index is 1180. The number of sulfonamides is 1. The number of hydrogen-bond donors (Lipinski definition) is 1. The highest BCUT2D eigenvalue weighted by Crippen LogP contribution is 2.30. The second-order valence-electron chi connectivity index (χ2n) is 11.2. The third-order valence-electron chi connectivity index (χ3n) is 8.42. The molecule has 0 unspecified atom stereocenters. The Morgan fingerprint density at radius 1 is 0.976 bits per heavy atom. The van der Waals surface area contributed by atoms with E-state index >= 15 is 0 Å². The molecule has 41 heavy (non-hydrogen) atoms. The Labute approximate surface area is 252 Å². The standard InChI is InChI=1S/C28H40Cl2N4O6S/c1-40-28(37)24(6-7-26(35)33-15-9-20(10-16-33)8-14-32-11-2-3-12-32)31-27(36)25-5-4-13-34(25)41(38,39)23-18-21(29)17-22(30)19-23/h17-20,24-25H,2-16H2,1H3,(H,31,36)/t24-,25-/m0/s1. The number of nitrogens with zero attached hydrogens (tertiary/aromatic N) is 3. The Morgan fingerprint density at radius 3 is 2.27 bits per heavy atom. The van der Waals surface area contributed by atoms with Crippen molar-refractivity contribution in [1.29, 1.82) is 0 Å². The molecule has 0 bridgehead atoms. The van der Waals surface area contributed by atoms with Crippen LogP contribution in [0.15, 0.2) is 23.1 Å². The summed E-state index contributed by atoms with van der Waals surface area (Å²) in [6.45, 7) is 5.05. The summed E-state index contributed by atoms with van der Waals surface area (Å²) in [5.41, 5.74) is 0. The summed E-state index contributed by atoms with van der Waals surface area (Å²) in [5.74, 6) is -0.731. The molecule has 3 aliphatic heterocycles. The lowest BCUT2D eigenvalue weighted by atomic mass is 9.93. The predicted molar refractivity (Wildman–Crippen MR) is 156 cm³/mol. The lowest BCUT2D eigenvalue weighted by Gasteiger charge is -2.33. The molecular weight excluding hydrogens is 591 g/mol. The third kappa shape index (κ3) is 8.34. The zero-order valence-electron chi connectivity index (χ0n) is 23.5. The van der Waals surface area contributed by atoms with E-state index in [9.17, 15) is 22.8 Å². The first-order valence-electron chi connectivity index (χ1n) is 14.4. The van der Waals surface area contributed by atoms with Crippen molar-refractivity contribution in [2.24, 2.45) is 5.92 Å². The SMILES string of the molecule is COC(=O)[C@H](CCC(=O)N1CCC(CCN2CCCC2)CC1)NC(=O)[C@@H]1CCCN1S(=O)(=O)c1cc(Cl)cc(Cl)c1. The maximum atomic E-state index is 13.3. The molecule has 13 heteroatoms. The minimum Gasteiger partial charge on any atom is -0.467 e. The van der Waals surface area contributed by atoms with Gasteiger partial charge in [0.25, 0.3) is 0 Å². The van der Waals surface area contributed by atoms with E-state index in [2.05, 4.69) is 10.2 Å². The topological polar surface area (TPSA) is 116 Å². The molecule has 3 fully saturated rings. The molecule has 2 amide bonds. The Balaban J connectivity index is 1.30. The number of ether oxygens (including phenoxy) is 1. The summed E-state index contributed by atoms with van der Waals surface area (Å²) >= 11 is 12.0. The molecule has 2 atom stereocenters. The van der Waals surface area contributed by atoms with Crippen molar-refractivity contribution in [3.63, 3.8) is 0 Å². The molecule has 0 saturated carbocycles. The Morgan fingerprint density at radius 2 is 1.63 bits per heavy atom. The highest BCUT2D eigenvalue weighted by atomic mass is 35.5. The number of carbonyl (C=O) groups is 3. The Hall–Kier alpha value is -1.92. The summed E-state index contributed by atoms with van der Waals surface area (Å²) in [6, 6.07) is 1.92. The van der Waals surface area contributed by atoms with Crippen LogP contribution >= 0.6 is 23.2 Å². The summed E-state index contributed by atoms with van der Waals surface area (Å²) in [4.78, 5) is 43.0. The summed E-state index contributed by atoms with van der Waals surface area (Å²) in [7, 11) is -2.86. The van der Waals surface area contributed by atoms with E-state index < -0.39 is 34.0 Å². The second-order valence-corrected chi connectivity index (χ2v) is 13.9. The van der Waals surface area contributed by atoms with E-state index in [0.717, 1.165) is 30.1 Å². The number of nitrogens with one attached hydrogen (secondary N) is 1. The number of likely N-dealkylation sites (tertiary alicyclic amines) is 2. The van der Waals surface area contributed by atoms with Crippen LogP contribution in [0.3, 0.4) is 0 Å². The van der Waals surface area contributed by atoms with Crippen LogP contribution in [0.4, 0.5) is 0 Å². The molecule has 1 aromatic carbocycles. The third-order valence-corrected chi connectivity index (χ3v) is 10.7. The van der Waals surface area contributed by atoms with Gasteiger partial charge in [-0.25, -0.2) is 13.2 Å². The number of benzene rings is 1. The van der Waals surface area contributed by atoms with Crippen molar-refractivity contribution in [2.45, 2.75) is 74.8 Å². The van der Waals surface area contributed by atoms with Gasteiger partial charge in [-0.15, -0.1) is 0 Å². The quantitative estimate of drug-likeness (QED) is 0.373. The minimum atomic E-state index is -4.07. The van der Waals surface area contributed by atoms with Gasteiger partial charge in [-0.1, -0.05) is 23.2 Å². The van der Waals surface area contributed by atoms with Crippen LogP contribution in [0.5, 0.6) is 0 Å². The van der Waals surface area contributed by atoms with Gasteiger partial charge in [0.1, 0.15) is 12.1 Å². The van der Waals surface area contributed by atoms with Crippen molar-refractivity contribution in [3.8, 4) is 0 Å². The van der Waals surface area contributed by atoms with Gasteiger partial charge in [0, 0.05) is 36.1 Å². The fraction of sp³-hybridized carbons (Fsp3) is 0.679. The van der Waals surface area contributed by atoms with Crippen molar-refractivity contribution in [2.75, 3.05) is 46.4 Å². The molecule has 3 saturated heterocycles. The minimum absolute atomic E-state index is 0.0611. The first-order valence-corrected chi connectivity index (χ1v) is 16.6. The van der Waals surface area contributed by atoms with Crippen LogP contribution in [-0.2, 0) is 29.1 Å². The van der Waals surface area contributed by atoms with Gasteiger partial charge in [-0.3, -0.25) is 9.59 Å². The van der Waals surface area contributed by atoms with Gasteiger partial charge in [0.2, 0.25) is 21.8 Å². The van der Waals surface area contributed by atoms with E-state index in [4.69, 9.17) is 27.9 Å². The molecule has 0 aliphatic carbocycles. The van der Waals surface area contributed by atoms with Crippen molar-refractivity contribution in [1.82, 2.24) is 19.4 Å². The van der Waals surface area contributed by atoms with Gasteiger partial charge in [-0.05, 0) is 95.1 Å². The second kappa shape index (κ2) is 14.5. The van der Waals surface area contributed by atoms with Crippen molar-refractivity contribution < 1.29 is 27.5 Å². The number of amides is 2. The van der Waals surface area contributed by atoms with Crippen molar-refractivity contribution >= 4 is 51.0 Å². The van der Waals surface area contributed by atoms with Gasteiger partial charge in [0.05, 0.1) is 12.0 Å². The average Bonchev–Trinajstić information content (AvgIpc) is 3.66. The molecule has 0 radical (unpaired) electrons. The molecule has 3 aliphatic rings. The average molecular weight is 632 g/mol. The van der Waals surface area contributed by atoms with E-state index in [0.29, 0.717) is 31.8 Å². The van der Waals surface area contributed by atoms with E-state index in [1.54, 1.807) is 0 Å². The smallest absolute Gasteiger partial charge is 0.328 e. The largest absolute Gasteiger partial charge is 0.467 e. The van der Waals surface area contributed by atoms with Gasteiger partial charge < -0.3 is 19.9 Å². The first kappa shape index (κ1) is 32.0. The lowest BCUT2D eigenvalue weighted by Crippen LogP contribution is -2.51. The van der Waals surface area contributed by atoms with E-state index in [-0.39, 0.29) is 40.2 Å². The van der Waals surface area contributed by atoms with Gasteiger partial charge in [-0.2, -0.15) is 4.31 Å². The number of hydrogen-bond acceptors (Lipinski definition) is 7. The summed E-state index contributed by atoms with van der Waals surface area (Å²) in [5, 5.41) is 2.98. The van der Waals surface area contributed by atoms with E-state index in [1.165, 1.54) is 51.2 Å². The zero-order valence-corrected chi connectivity index (χ0v) is 25.9. The lowest BCUT2D eigenvalue weighted by molar-refractivity contribution is -0.146. The molecular formula is C28H40Cl2N4O6S. The normalized spacial score (nSPS) is 21.6. The van der Waals surface area contributed by atoms with Crippen molar-refractivity contribution in [3.05, 3.63) is 28.2 Å². The number of piperidine rings is 1. The molecule has 0 aromatic heterocycles. The number of methoxy groups -OCH3 is 1. The number of halogens is 2. The first-order chi connectivity index (χ1) is 19.6. The van der Waals surface area contributed by atoms with E-state index in [1.807, 2.05) is 4.90 Å². The van der Waals surface area contributed by atoms with Gasteiger partial charge in [0.15, 0.2) is 0 Å². The summed E-state index contributed by atoms with van der Waals surface area (Å²) in [6.07, 6.45) is 6.59. The number of carbonyl (C=O) groups excluding carboxylic acids is 3. The molecule has 10 nitrogen and oxygen atoms in total. The van der Waals surface area contributed by atoms with Crippen LogP contribution in [0.2, 0.25) is 10.0 Å². The predicted octanol–water partition coefficient (Wildman–Crippen LogP) is 3.31. The fourth-order valence-corrected chi connectivity index (χ4v) is 8.41. The fourth-order valence-electron chi connectivity index (χ4n) is 6.03. The monoisotopic (exact) mass is 630 g/mol. The molecule has 0 spiro atoms. The maximum Gasteiger partial charge on any atom is 0.328 e. The highest BCUT2D eigenvalue weighted by Gasteiger charge is 2.41. The number of rotatable bonds is 11. The number of esters is 1. The Kier molecular flexibility index (Phi) is 11.3. The van der Waals surface area contributed by atoms with Crippen LogP contribution < -0.4 is 5.32 Å². The maximum absolute atomic E-state index is 13.3. The van der Waals surface area contributed by atoms with Crippen LogP contribution in [0, 0.1) is 5.92 Å². The molecule has 1 aromatic rings. The van der Waals surface area contributed by atoms with Crippen LogP contribution in [0.1, 0.15) is 57.8 Å². The molecule has 4 rings (SSSR count).